The monoisotopic (exact) mass is 207 g/mol. The highest BCUT2D eigenvalue weighted by Crippen LogP contribution is 2.16. The molecule has 0 N–H and O–H groups in total. The first-order chi connectivity index (χ1) is 7.27. The zero-order valence-corrected chi connectivity index (χ0v) is 9.50. The minimum Gasteiger partial charge on any atom is -0.327 e. The van der Waals surface area contributed by atoms with Gasteiger partial charge < -0.3 is 4.90 Å². The van der Waals surface area contributed by atoms with Gasteiger partial charge >= 0.3 is 0 Å². The van der Waals surface area contributed by atoms with Gasteiger partial charge in [-0.1, -0.05) is 13.3 Å². The highest BCUT2D eigenvalue weighted by atomic mass is 15.7. The highest BCUT2D eigenvalue weighted by molar-refractivity contribution is 5.04. The molecular weight excluding hydrogens is 188 g/mol. The maximum Gasteiger partial charge on any atom is 0.181 e. The Morgan fingerprint density at radius 2 is 2.33 bits per heavy atom. The fraction of sp³-hybridized carbons (Fsp3) is 0.545. The van der Waals surface area contributed by atoms with Gasteiger partial charge in [-0.3, -0.25) is 0 Å². The third-order valence-corrected chi connectivity index (χ3v) is 2.92. The molecule has 0 amide bonds. The van der Waals surface area contributed by atoms with Gasteiger partial charge in [0.25, 0.3) is 0 Å². The molecule has 1 atom stereocenters. The maximum atomic E-state index is 4.14. The summed E-state index contributed by atoms with van der Waals surface area (Å²) >= 11 is 0. The van der Waals surface area contributed by atoms with Crippen molar-refractivity contribution in [2.45, 2.75) is 19.8 Å². The number of quaternary nitrogens is 1. The predicted octanol–water partition coefficient (Wildman–Crippen LogP) is 1.50. The second-order valence-corrected chi connectivity index (χ2v) is 4.20. The van der Waals surface area contributed by atoms with Crippen LogP contribution in [0.1, 0.15) is 19.8 Å². The molecule has 0 saturated heterocycles. The highest BCUT2D eigenvalue weighted by Gasteiger charge is 2.32. The normalized spacial score (nSPS) is 25.1. The van der Waals surface area contributed by atoms with Crippen molar-refractivity contribution in [1.29, 1.82) is 0 Å². The van der Waals surface area contributed by atoms with Crippen LogP contribution in [-0.2, 0) is 0 Å². The van der Waals surface area contributed by atoms with Crippen LogP contribution in [0.3, 0.4) is 0 Å². The van der Waals surface area contributed by atoms with E-state index >= 15 is 0 Å². The summed E-state index contributed by atoms with van der Waals surface area (Å²) in [6, 6.07) is 0. The topological polar surface area (TPSA) is 21.1 Å². The largest absolute Gasteiger partial charge is 0.327 e. The van der Waals surface area contributed by atoms with E-state index in [4.69, 9.17) is 0 Å². The number of imidazole rings is 1. The summed E-state index contributed by atoms with van der Waals surface area (Å²) in [7, 11) is 2.11. The van der Waals surface area contributed by atoms with E-state index in [0.29, 0.717) is 0 Å². The molecule has 1 aliphatic heterocycles. The lowest BCUT2D eigenvalue weighted by Gasteiger charge is -2.31. The van der Waals surface area contributed by atoms with Gasteiger partial charge in [0.2, 0.25) is 0 Å². The van der Waals surface area contributed by atoms with Crippen molar-refractivity contribution in [2.24, 2.45) is 0 Å². The van der Waals surface area contributed by atoms with Gasteiger partial charge in [0.05, 0.1) is 18.6 Å². The third kappa shape index (κ3) is 1.90. The Balaban J connectivity index is 2.21. The van der Waals surface area contributed by atoms with E-state index in [1.165, 1.54) is 12.8 Å². The van der Waals surface area contributed by atoms with Gasteiger partial charge in [0.15, 0.2) is 6.67 Å². The Hall–Kier alpha value is -1.29. The van der Waals surface area contributed by atoms with Crippen LogP contribution in [0.4, 0.5) is 0 Å². The molecule has 0 aromatic carbocycles. The molecule has 0 fully saturated rings. The fourth-order valence-corrected chi connectivity index (χ4v) is 2.05. The third-order valence-electron chi connectivity index (χ3n) is 2.92. The first-order valence-corrected chi connectivity index (χ1v) is 5.52. The lowest BCUT2D eigenvalue weighted by molar-refractivity contribution is 0.157. The molecular formula is C11H19N4+. The van der Waals surface area contributed by atoms with E-state index in [1.54, 1.807) is 0 Å². The molecule has 0 saturated carbocycles. The molecule has 2 heterocycles. The number of unbranched alkanes of at least 4 members (excludes halogenated alkanes) is 1. The summed E-state index contributed by atoms with van der Waals surface area (Å²) in [6.45, 7) is 4.36. The van der Waals surface area contributed by atoms with Crippen LogP contribution in [0.2, 0.25) is 0 Å². The summed E-state index contributed by atoms with van der Waals surface area (Å²) in [5.74, 6) is 0. The molecule has 15 heavy (non-hydrogen) atoms. The van der Waals surface area contributed by atoms with Crippen LogP contribution in [0.25, 0.3) is 0 Å². The van der Waals surface area contributed by atoms with Crippen molar-refractivity contribution in [3.63, 3.8) is 0 Å². The summed E-state index contributed by atoms with van der Waals surface area (Å²) in [4.78, 5) is 6.36. The molecule has 0 radical (unpaired) electrons. The van der Waals surface area contributed by atoms with Crippen LogP contribution in [0.5, 0.6) is 0 Å². The van der Waals surface area contributed by atoms with E-state index in [9.17, 15) is 0 Å². The van der Waals surface area contributed by atoms with Gasteiger partial charge in [0.1, 0.15) is 19.1 Å². The van der Waals surface area contributed by atoms with Crippen LogP contribution < -0.4 is 4.59 Å². The smallest absolute Gasteiger partial charge is 0.181 e. The molecule has 2 rings (SSSR count). The lowest BCUT2D eigenvalue weighted by atomic mass is 10.3. The Bertz CT molecular complexity index is 330. The van der Waals surface area contributed by atoms with Crippen LogP contribution in [0, 0.1) is 0 Å². The molecule has 82 valence electrons. The first-order valence-electron chi connectivity index (χ1n) is 5.52. The number of rotatable bonds is 4. The number of nitrogens with zero attached hydrogens (tertiary/aromatic N) is 4. The number of hydrogen-bond donors (Lipinski definition) is 0. The SMILES string of the molecule is CCCC[N+]1(n2ccnc2)C=CN(C)C1. The molecule has 1 aromatic heterocycles. The molecule has 1 aliphatic rings. The average molecular weight is 207 g/mol. The Morgan fingerprint density at radius 1 is 1.47 bits per heavy atom. The van der Waals surface area contributed by atoms with Gasteiger partial charge in [-0.15, -0.1) is 0 Å². The van der Waals surface area contributed by atoms with E-state index in [-0.39, 0.29) is 0 Å². The van der Waals surface area contributed by atoms with Crippen molar-refractivity contribution in [2.75, 3.05) is 20.3 Å². The summed E-state index contributed by atoms with van der Waals surface area (Å²) in [6.07, 6.45) is 12.6. The van der Waals surface area contributed by atoms with Crippen LogP contribution >= 0.6 is 0 Å². The van der Waals surface area contributed by atoms with E-state index in [0.717, 1.165) is 17.8 Å². The zero-order valence-electron chi connectivity index (χ0n) is 9.50. The number of hydrogen-bond acceptors (Lipinski definition) is 2. The van der Waals surface area contributed by atoms with Gasteiger partial charge in [-0.25, -0.2) is 4.98 Å². The minimum absolute atomic E-state index is 0.852. The van der Waals surface area contributed by atoms with E-state index in [2.05, 4.69) is 40.9 Å². The minimum atomic E-state index is 0.852. The summed E-state index contributed by atoms with van der Waals surface area (Å²) in [5, 5.41) is 0. The second kappa shape index (κ2) is 4.06. The molecule has 4 heteroatoms. The Kier molecular flexibility index (Phi) is 2.77. The molecule has 1 unspecified atom stereocenters. The van der Waals surface area contributed by atoms with Gasteiger partial charge in [0, 0.05) is 7.05 Å². The molecule has 0 aliphatic carbocycles. The van der Waals surface area contributed by atoms with Crippen LogP contribution in [0.15, 0.2) is 31.1 Å². The average Bonchev–Trinajstić information content (AvgIpc) is 2.84. The molecule has 4 nitrogen and oxygen atoms in total. The zero-order chi connectivity index (χ0) is 10.7. The van der Waals surface area contributed by atoms with Crippen molar-refractivity contribution >= 4 is 0 Å². The van der Waals surface area contributed by atoms with Gasteiger partial charge in [-0.05, 0) is 6.42 Å². The first kappa shape index (κ1) is 10.2. The fourth-order valence-electron chi connectivity index (χ4n) is 2.05. The van der Waals surface area contributed by atoms with Gasteiger partial charge in [-0.2, -0.15) is 9.27 Å². The van der Waals surface area contributed by atoms with E-state index in [1.807, 2.05) is 18.7 Å². The quantitative estimate of drug-likeness (QED) is 0.698. The molecule has 1 aromatic rings. The maximum absolute atomic E-state index is 4.14. The molecule has 0 spiro atoms. The second-order valence-electron chi connectivity index (χ2n) is 4.20. The standard InChI is InChI=1S/C11H19N4/c1-3-4-8-15(9-7-13(2)11-15)14-6-5-12-10-14/h5-7,9-10H,3-4,8,11H2,1-2H3/q+1. The summed E-state index contributed by atoms with van der Waals surface area (Å²) < 4.78 is 3.03. The van der Waals surface area contributed by atoms with Crippen molar-refractivity contribution in [3.8, 4) is 0 Å². The van der Waals surface area contributed by atoms with Crippen molar-refractivity contribution in [3.05, 3.63) is 31.1 Å². The number of aromatic nitrogens is 2. The Labute approximate surface area is 91.0 Å². The molecule has 0 bridgehead atoms. The summed E-state index contributed by atoms with van der Waals surface area (Å²) in [5.41, 5.74) is 0. The Morgan fingerprint density at radius 3 is 2.87 bits per heavy atom. The van der Waals surface area contributed by atoms with Crippen LogP contribution in [-0.4, -0.2) is 34.8 Å². The van der Waals surface area contributed by atoms with E-state index < -0.39 is 0 Å². The lowest BCUT2D eigenvalue weighted by Crippen LogP contribution is -2.54. The van der Waals surface area contributed by atoms with Crippen molar-refractivity contribution in [1.82, 2.24) is 19.2 Å². The predicted molar refractivity (Wildman–Crippen MR) is 61.3 cm³/mol. The van der Waals surface area contributed by atoms with Crippen molar-refractivity contribution < 1.29 is 0 Å².